The maximum Gasteiger partial charge on any atom is 0.203 e. The van der Waals surface area contributed by atoms with Gasteiger partial charge in [-0.3, -0.25) is 0 Å². The number of anilines is 1. The van der Waals surface area contributed by atoms with Crippen LogP contribution >= 0.6 is 0 Å². The summed E-state index contributed by atoms with van der Waals surface area (Å²) in [5.41, 5.74) is 0. The van der Waals surface area contributed by atoms with Crippen LogP contribution in [0, 0.1) is 0 Å². The maximum atomic E-state index is 4.98. The molecule has 1 N–H and O–H groups in total. The van der Waals surface area contributed by atoms with E-state index in [0.29, 0.717) is 0 Å². The van der Waals surface area contributed by atoms with Gasteiger partial charge in [0.15, 0.2) is 0 Å². The molecule has 1 aromatic rings. The van der Waals surface area contributed by atoms with Gasteiger partial charge in [0.25, 0.3) is 0 Å². The molecule has 0 saturated carbocycles. The van der Waals surface area contributed by atoms with Gasteiger partial charge in [-0.05, 0) is 12.8 Å². The highest BCUT2D eigenvalue weighted by molar-refractivity contribution is 5.25. The van der Waals surface area contributed by atoms with Gasteiger partial charge in [-0.2, -0.15) is 0 Å². The molecule has 0 bridgehead atoms. The van der Waals surface area contributed by atoms with Crippen LogP contribution < -0.4 is 5.32 Å². The molecule has 0 aliphatic carbocycles. The molecule has 1 heterocycles. The van der Waals surface area contributed by atoms with Crippen molar-refractivity contribution in [2.45, 2.75) is 19.4 Å². The fraction of sp³-hybridized carbons (Fsp3) is 0.545. The summed E-state index contributed by atoms with van der Waals surface area (Å²) in [6.45, 7) is 6.25. The molecule has 0 aliphatic heterocycles. The van der Waals surface area contributed by atoms with Crippen molar-refractivity contribution in [3.05, 3.63) is 25.0 Å². The first-order valence-corrected chi connectivity index (χ1v) is 5.23. The van der Waals surface area contributed by atoms with E-state index in [1.807, 2.05) is 16.8 Å². The Labute approximate surface area is 91.0 Å². The summed E-state index contributed by atoms with van der Waals surface area (Å²) in [4.78, 5) is 4.23. The summed E-state index contributed by atoms with van der Waals surface area (Å²) in [5.74, 6) is 0.910. The average molecular weight is 209 g/mol. The Bertz CT molecular complexity index is 283. The number of nitrogens with zero attached hydrogens (tertiary/aromatic N) is 2. The van der Waals surface area contributed by atoms with Crippen molar-refractivity contribution in [3.8, 4) is 0 Å². The summed E-state index contributed by atoms with van der Waals surface area (Å²) in [7, 11) is 1.73. The van der Waals surface area contributed by atoms with Crippen LogP contribution in [0.3, 0.4) is 0 Å². The lowest BCUT2D eigenvalue weighted by Crippen LogP contribution is -2.08. The van der Waals surface area contributed by atoms with E-state index >= 15 is 0 Å². The van der Waals surface area contributed by atoms with Crippen molar-refractivity contribution in [2.24, 2.45) is 0 Å². The zero-order valence-corrected chi connectivity index (χ0v) is 9.28. The number of hydrogen-bond acceptors (Lipinski definition) is 3. The van der Waals surface area contributed by atoms with Crippen LogP contribution in [0.25, 0.3) is 0 Å². The van der Waals surface area contributed by atoms with E-state index < -0.39 is 0 Å². The zero-order chi connectivity index (χ0) is 10.9. The Hall–Kier alpha value is -1.29. The maximum absolute atomic E-state index is 4.98. The second-order valence-corrected chi connectivity index (χ2v) is 3.32. The van der Waals surface area contributed by atoms with Crippen LogP contribution in [0.5, 0.6) is 0 Å². The highest BCUT2D eigenvalue weighted by Crippen LogP contribution is 2.04. The van der Waals surface area contributed by atoms with Crippen LogP contribution in [0.4, 0.5) is 5.95 Å². The predicted octanol–water partition coefficient (Wildman–Crippen LogP) is 1.91. The van der Waals surface area contributed by atoms with Crippen LogP contribution in [-0.4, -0.2) is 29.8 Å². The molecule has 0 radical (unpaired) electrons. The lowest BCUT2D eigenvalue weighted by molar-refractivity contribution is 0.193. The molecule has 15 heavy (non-hydrogen) atoms. The molecule has 0 amide bonds. The molecule has 0 fully saturated rings. The van der Waals surface area contributed by atoms with Crippen molar-refractivity contribution >= 4 is 5.95 Å². The molecule has 0 atom stereocenters. The van der Waals surface area contributed by atoms with Gasteiger partial charge in [0.1, 0.15) is 0 Å². The standard InChI is InChI=1S/C11H19N3O/c1-3-8-14-9-7-13-11(14)12-6-4-5-10-15-2/h3,7,9H,1,4-6,8,10H2,2H3,(H,12,13). The SMILES string of the molecule is C=CCn1ccnc1NCCCCOC. The van der Waals surface area contributed by atoms with E-state index in [-0.39, 0.29) is 0 Å². The van der Waals surface area contributed by atoms with Crippen molar-refractivity contribution in [1.29, 1.82) is 0 Å². The molecule has 84 valence electrons. The first-order valence-electron chi connectivity index (χ1n) is 5.23. The molecule has 0 spiro atoms. The third-order valence-corrected chi connectivity index (χ3v) is 2.10. The lowest BCUT2D eigenvalue weighted by atomic mass is 10.3. The fourth-order valence-corrected chi connectivity index (χ4v) is 1.33. The first-order chi connectivity index (χ1) is 7.38. The summed E-state index contributed by atoms with van der Waals surface area (Å²) >= 11 is 0. The molecular weight excluding hydrogens is 190 g/mol. The van der Waals surface area contributed by atoms with E-state index in [4.69, 9.17) is 4.74 Å². The summed E-state index contributed by atoms with van der Waals surface area (Å²) in [6, 6.07) is 0. The minimum Gasteiger partial charge on any atom is -0.385 e. The van der Waals surface area contributed by atoms with E-state index in [2.05, 4.69) is 16.9 Å². The van der Waals surface area contributed by atoms with Crippen LogP contribution in [0.15, 0.2) is 25.0 Å². The Balaban J connectivity index is 2.24. The van der Waals surface area contributed by atoms with Crippen molar-refractivity contribution in [2.75, 3.05) is 25.6 Å². The highest BCUT2D eigenvalue weighted by Gasteiger charge is 1.98. The molecule has 0 aromatic carbocycles. The zero-order valence-electron chi connectivity index (χ0n) is 9.28. The molecule has 0 saturated heterocycles. The summed E-state index contributed by atoms with van der Waals surface area (Å²) in [5, 5.41) is 3.29. The lowest BCUT2D eigenvalue weighted by Gasteiger charge is -2.07. The Morgan fingerprint density at radius 1 is 1.60 bits per heavy atom. The topological polar surface area (TPSA) is 39.1 Å². The van der Waals surface area contributed by atoms with Gasteiger partial charge in [-0.25, -0.2) is 4.98 Å². The fourth-order valence-electron chi connectivity index (χ4n) is 1.33. The quantitative estimate of drug-likeness (QED) is 0.525. The van der Waals surface area contributed by atoms with Gasteiger partial charge in [0, 0.05) is 39.2 Å². The number of methoxy groups -OCH3 is 1. The smallest absolute Gasteiger partial charge is 0.203 e. The minimum absolute atomic E-state index is 0.792. The number of nitrogens with one attached hydrogen (secondary N) is 1. The predicted molar refractivity (Wildman–Crippen MR) is 62.0 cm³/mol. The number of hydrogen-bond donors (Lipinski definition) is 1. The van der Waals surface area contributed by atoms with Gasteiger partial charge in [-0.1, -0.05) is 6.08 Å². The monoisotopic (exact) mass is 209 g/mol. The molecule has 4 heteroatoms. The van der Waals surface area contributed by atoms with E-state index in [9.17, 15) is 0 Å². The second kappa shape index (κ2) is 7.06. The van der Waals surface area contributed by atoms with Gasteiger partial charge in [-0.15, -0.1) is 6.58 Å². The van der Waals surface area contributed by atoms with Crippen LogP contribution in [-0.2, 0) is 11.3 Å². The van der Waals surface area contributed by atoms with Gasteiger partial charge < -0.3 is 14.6 Å². The number of imidazole rings is 1. The molecule has 0 aliphatic rings. The van der Waals surface area contributed by atoms with Gasteiger partial charge >= 0.3 is 0 Å². The average Bonchev–Trinajstić information content (AvgIpc) is 2.66. The minimum atomic E-state index is 0.792. The van der Waals surface area contributed by atoms with E-state index in [1.165, 1.54) is 0 Å². The number of rotatable bonds is 8. The first kappa shape index (κ1) is 11.8. The third kappa shape index (κ3) is 4.16. The van der Waals surface area contributed by atoms with Gasteiger partial charge in [0.2, 0.25) is 5.95 Å². The van der Waals surface area contributed by atoms with E-state index in [1.54, 1.807) is 13.3 Å². The van der Waals surface area contributed by atoms with Crippen molar-refractivity contribution < 1.29 is 4.74 Å². The molecular formula is C11H19N3O. The number of aromatic nitrogens is 2. The summed E-state index contributed by atoms with van der Waals surface area (Å²) in [6.07, 6.45) is 7.76. The second-order valence-electron chi connectivity index (χ2n) is 3.32. The molecule has 1 aromatic heterocycles. The van der Waals surface area contributed by atoms with Crippen LogP contribution in [0.1, 0.15) is 12.8 Å². The Morgan fingerprint density at radius 3 is 3.20 bits per heavy atom. The van der Waals surface area contributed by atoms with E-state index in [0.717, 1.165) is 38.5 Å². The normalized spacial score (nSPS) is 10.2. The van der Waals surface area contributed by atoms with Crippen molar-refractivity contribution in [1.82, 2.24) is 9.55 Å². The number of ether oxygens (including phenoxy) is 1. The number of unbranched alkanes of at least 4 members (excludes halogenated alkanes) is 1. The number of allylic oxidation sites excluding steroid dienone is 1. The summed E-state index contributed by atoms with van der Waals surface area (Å²) < 4.78 is 7.01. The van der Waals surface area contributed by atoms with Crippen LogP contribution in [0.2, 0.25) is 0 Å². The Kier molecular flexibility index (Phi) is 5.55. The highest BCUT2D eigenvalue weighted by atomic mass is 16.5. The van der Waals surface area contributed by atoms with Crippen molar-refractivity contribution in [3.63, 3.8) is 0 Å². The largest absolute Gasteiger partial charge is 0.385 e. The third-order valence-electron chi connectivity index (χ3n) is 2.10. The Morgan fingerprint density at radius 2 is 2.47 bits per heavy atom. The molecule has 1 rings (SSSR count). The van der Waals surface area contributed by atoms with Gasteiger partial charge in [0.05, 0.1) is 0 Å². The molecule has 0 unspecified atom stereocenters. The molecule has 4 nitrogen and oxygen atoms in total.